The highest BCUT2D eigenvalue weighted by Gasteiger charge is 2.32. The minimum Gasteiger partial charge on any atom is -0.465 e. The minimum atomic E-state index is -0.578. The summed E-state index contributed by atoms with van der Waals surface area (Å²) in [5.74, 6) is -0.847. The zero-order valence-corrected chi connectivity index (χ0v) is 15.7. The Morgan fingerprint density at radius 3 is 2.70 bits per heavy atom. The number of hydrogen-bond donors (Lipinski definition) is 0. The van der Waals surface area contributed by atoms with Crippen molar-refractivity contribution in [3.05, 3.63) is 52.5 Å². The Morgan fingerprint density at radius 1 is 1.30 bits per heavy atom. The molecule has 2 unspecified atom stereocenters. The summed E-state index contributed by atoms with van der Waals surface area (Å²) in [6.45, 7) is 7.54. The zero-order chi connectivity index (χ0) is 19.7. The molecule has 142 valence electrons. The van der Waals surface area contributed by atoms with E-state index < -0.39 is 24.0 Å². The molecule has 0 saturated heterocycles. The predicted molar refractivity (Wildman–Crippen MR) is 97.9 cm³/mol. The highest BCUT2D eigenvalue weighted by molar-refractivity contribution is 5.99. The van der Waals surface area contributed by atoms with Gasteiger partial charge in [-0.15, -0.1) is 0 Å². The second kappa shape index (κ2) is 7.39. The molecular formula is C21H22O6. The normalized spacial score (nSPS) is 24.6. The molecule has 0 aromatic carbocycles. The van der Waals surface area contributed by atoms with Crippen LogP contribution < -0.4 is 0 Å². The Hall–Kier alpha value is -2.89. The van der Waals surface area contributed by atoms with E-state index in [0.717, 1.165) is 5.57 Å². The molecule has 0 spiro atoms. The van der Waals surface area contributed by atoms with Crippen molar-refractivity contribution in [1.82, 2.24) is 0 Å². The molecule has 6 nitrogen and oxygen atoms in total. The number of Topliss-reactive ketones (excluding diaryl/α,β-unsaturated/α-hetero) is 1. The molecule has 3 rings (SSSR count). The van der Waals surface area contributed by atoms with Crippen LogP contribution in [0.2, 0.25) is 0 Å². The number of ether oxygens (including phenoxy) is 2. The van der Waals surface area contributed by atoms with Gasteiger partial charge < -0.3 is 13.9 Å². The molecule has 27 heavy (non-hydrogen) atoms. The summed E-state index contributed by atoms with van der Waals surface area (Å²) in [6, 6.07) is 1.61. The fourth-order valence-corrected chi connectivity index (χ4v) is 3.40. The van der Waals surface area contributed by atoms with Gasteiger partial charge in [-0.1, -0.05) is 17.7 Å². The van der Waals surface area contributed by atoms with Gasteiger partial charge in [0, 0.05) is 30.8 Å². The van der Waals surface area contributed by atoms with E-state index >= 15 is 0 Å². The van der Waals surface area contributed by atoms with Crippen LogP contribution in [-0.2, 0) is 25.5 Å². The molecule has 3 heterocycles. The predicted octanol–water partition coefficient (Wildman–Crippen LogP) is 3.42. The maximum atomic E-state index is 12.8. The van der Waals surface area contributed by atoms with Crippen LogP contribution in [0, 0.1) is 5.92 Å². The lowest BCUT2D eigenvalue weighted by Gasteiger charge is -2.15. The van der Waals surface area contributed by atoms with Crippen LogP contribution in [-0.4, -0.2) is 30.9 Å². The number of esters is 2. The van der Waals surface area contributed by atoms with Crippen LogP contribution >= 0.6 is 0 Å². The highest BCUT2D eigenvalue weighted by Crippen LogP contribution is 2.30. The smallest absolute Gasteiger partial charge is 0.341 e. The fourth-order valence-electron chi connectivity index (χ4n) is 3.40. The lowest BCUT2D eigenvalue weighted by Crippen LogP contribution is -2.21. The van der Waals surface area contributed by atoms with Gasteiger partial charge in [0.05, 0.1) is 7.11 Å². The van der Waals surface area contributed by atoms with Crippen molar-refractivity contribution in [3.8, 4) is 0 Å². The van der Waals surface area contributed by atoms with Crippen LogP contribution in [0.5, 0.6) is 0 Å². The second-order valence-corrected chi connectivity index (χ2v) is 7.05. The number of carbonyl (C=O) groups excluding carboxylic acids is 3. The number of furan rings is 1. The van der Waals surface area contributed by atoms with Crippen LogP contribution in [0.15, 0.2) is 39.9 Å². The monoisotopic (exact) mass is 370 g/mol. The fraction of sp³-hybridized carbons (Fsp3) is 0.381. The van der Waals surface area contributed by atoms with Gasteiger partial charge in [-0.25, -0.2) is 9.59 Å². The van der Waals surface area contributed by atoms with Crippen LogP contribution in [0.3, 0.4) is 0 Å². The first kappa shape index (κ1) is 18.9. The summed E-state index contributed by atoms with van der Waals surface area (Å²) in [5, 5.41) is 0. The summed E-state index contributed by atoms with van der Waals surface area (Å²) in [7, 11) is 1.30. The molecule has 1 aromatic heterocycles. The molecule has 2 atom stereocenters. The van der Waals surface area contributed by atoms with Crippen LogP contribution in [0.4, 0.5) is 0 Å². The van der Waals surface area contributed by atoms with E-state index in [-0.39, 0.29) is 18.6 Å². The van der Waals surface area contributed by atoms with Crippen LogP contribution in [0.25, 0.3) is 6.08 Å². The maximum absolute atomic E-state index is 12.8. The first-order valence-corrected chi connectivity index (χ1v) is 8.76. The van der Waals surface area contributed by atoms with E-state index in [1.54, 1.807) is 25.1 Å². The average Bonchev–Trinajstić information content (AvgIpc) is 3.14. The number of allylic oxidation sites excluding steroid dienone is 1. The molecule has 2 aliphatic heterocycles. The molecule has 2 aliphatic rings. The van der Waals surface area contributed by atoms with Gasteiger partial charge in [-0.2, -0.15) is 0 Å². The topological polar surface area (TPSA) is 82.8 Å². The van der Waals surface area contributed by atoms with Gasteiger partial charge >= 0.3 is 11.9 Å². The molecular weight excluding hydrogens is 348 g/mol. The van der Waals surface area contributed by atoms with Gasteiger partial charge in [0.1, 0.15) is 29.0 Å². The van der Waals surface area contributed by atoms with Crippen molar-refractivity contribution in [2.75, 3.05) is 7.11 Å². The lowest BCUT2D eigenvalue weighted by molar-refractivity contribution is -0.140. The Morgan fingerprint density at radius 2 is 2.04 bits per heavy atom. The zero-order valence-electron chi connectivity index (χ0n) is 15.7. The summed E-state index contributed by atoms with van der Waals surface area (Å²) < 4.78 is 16.0. The van der Waals surface area contributed by atoms with E-state index in [1.165, 1.54) is 7.11 Å². The van der Waals surface area contributed by atoms with E-state index in [2.05, 4.69) is 6.58 Å². The van der Waals surface area contributed by atoms with Gasteiger partial charge in [0.15, 0.2) is 0 Å². The highest BCUT2D eigenvalue weighted by atomic mass is 16.5. The minimum absolute atomic E-state index is 0.0310. The lowest BCUT2D eigenvalue weighted by atomic mass is 9.88. The SMILES string of the molecule is C=C(C)C1Cc2oc(cc2C(=O)OC)/C=C(\C)CC2C=C(CC1=O)C(=O)O2. The molecule has 0 amide bonds. The van der Waals surface area contributed by atoms with E-state index in [4.69, 9.17) is 13.9 Å². The average molecular weight is 370 g/mol. The molecule has 4 bridgehead atoms. The van der Waals surface area contributed by atoms with Crippen molar-refractivity contribution in [1.29, 1.82) is 0 Å². The number of hydrogen-bond acceptors (Lipinski definition) is 6. The Labute approximate surface area is 157 Å². The Bertz CT molecular complexity index is 882. The van der Waals surface area contributed by atoms with Gasteiger partial charge in [0.25, 0.3) is 0 Å². The second-order valence-electron chi connectivity index (χ2n) is 7.05. The largest absolute Gasteiger partial charge is 0.465 e. The molecule has 0 saturated carbocycles. The Kier molecular flexibility index (Phi) is 5.17. The van der Waals surface area contributed by atoms with E-state index in [9.17, 15) is 14.4 Å². The van der Waals surface area contributed by atoms with E-state index in [0.29, 0.717) is 34.7 Å². The van der Waals surface area contributed by atoms with Gasteiger partial charge in [-0.3, -0.25) is 4.79 Å². The molecule has 1 aromatic rings. The first-order chi connectivity index (χ1) is 12.8. The number of carbonyl (C=O) groups is 3. The quantitative estimate of drug-likeness (QED) is 0.586. The summed E-state index contributed by atoms with van der Waals surface area (Å²) in [5.41, 5.74) is 2.22. The van der Waals surface area contributed by atoms with Gasteiger partial charge in [0.2, 0.25) is 0 Å². The van der Waals surface area contributed by atoms with E-state index in [1.807, 2.05) is 6.92 Å². The maximum Gasteiger partial charge on any atom is 0.341 e. The number of fused-ring (bicyclic) bond motifs is 3. The number of rotatable bonds is 2. The van der Waals surface area contributed by atoms with Crippen molar-refractivity contribution in [2.24, 2.45) is 5.92 Å². The number of ketones is 1. The molecule has 0 aliphatic carbocycles. The Balaban J connectivity index is 2.08. The van der Waals surface area contributed by atoms with Crippen molar-refractivity contribution in [2.45, 2.75) is 39.2 Å². The van der Waals surface area contributed by atoms with Crippen molar-refractivity contribution < 1.29 is 28.3 Å². The third-order valence-electron chi connectivity index (χ3n) is 4.79. The molecule has 0 radical (unpaired) electrons. The summed E-state index contributed by atoms with van der Waals surface area (Å²) >= 11 is 0. The third kappa shape index (κ3) is 3.94. The standard InChI is InChI=1S/C21H22O6/c1-11(2)16-10-19-17(21(24)25-4)9-15(26-19)6-12(3)5-14-7-13(8-18(16)22)20(23)27-14/h6-7,9,14,16H,1,5,8,10H2,2-4H3/b12-6+. The summed E-state index contributed by atoms with van der Waals surface area (Å²) in [4.78, 5) is 37.1. The first-order valence-electron chi connectivity index (χ1n) is 8.76. The summed E-state index contributed by atoms with van der Waals surface area (Å²) in [6.07, 6.45) is 3.74. The van der Waals surface area contributed by atoms with Crippen molar-refractivity contribution in [3.63, 3.8) is 0 Å². The molecule has 0 fully saturated rings. The van der Waals surface area contributed by atoms with Crippen LogP contribution in [0.1, 0.15) is 48.6 Å². The third-order valence-corrected chi connectivity index (χ3v) is 4.79. The van der Waals surface area contributed by atoms with Gasteiger partial charge in [-0.05, 0) is 32.1 Å². The van der Waals surface area contributed by atoms with Crippen molar-refractivity contribution >= 4 is 23.8 Å². The molecule has 0 N–H and O–H groups in total. The molecule has 6 heteroatoms. The number of methoxy groups -OCH3 is 1.